The van der Waals surface area contributed by atoms with Gasteiger partial charge >= 0.3 is 0 Å². The number of nitrogens with two attached hydrogens (primary N) is 1. The third-order valence-electron chi connectivity index (χ3n) is 3.23. The van der Waals surface area contributed by atoms with E-state index in [2.05, 4.69) is 19.0 Å². The Balaban J connectivity index is 2.46. The van der Waals surface area contributed by atoms with E-state index in [9.17, 15) is 4.39 Å². The lowest BCUT2D eigenvalue weighted by Crippen LogP contribution is -2.00. The second kappa shape index (κ2) is 5.61. The second-order valence-electron chi connectivity index (χ2n) is 4.71. The fourth-order valence-electron chi connectivity index (χ4n) is 1.93. The molecule has 0 fully saturated rings. The Morgan fingerprint density at radius 2 is 2.21 bits per heavy atom. The van der Waals surface area contributed by atoms with E-state index in [1.54, 1.807) is 6.07 Å². The number of hydrogen-bond donors (Lipinski definition) is 1. The van der Waals surface area contributed by atoms with Crippen LogP contribution >= 0.6 is 11.6 Å². The third kappa shape index (κ3) is 2.89. The van der Waals surface area contributed by atoms with Gasteiger partial charge in [0.05, 0.1) is 16.3 Å². The number of aromatic nitrogens is 1. The zero-order valence-electron chi connectivity index (χ0n) is 10.9. The summed E-state index contributed by atoms with van der Waals surface area (Å²) in [5.41, 5.74) is 7.90. The van der Waals surface area contributed by atoms with E-state index in [-0.39, 0.29) is 11.7 Å². The molecule has 0 saturated heterocycles. The van der Waals surface area contributed by atoms with E-state index >= 15 is 0 Å². The van der Waals surface area contributed by atoms with Gasteiger partial charge in [0.2, 0.25) is 5.88 Å². The number of hydrogen-bond acceptors (Lipinski definition) is 3. The van der Waals surface area contributed by atoms with Crippen molar-refractivity contribution in [1.29, 1.82) is 0 Å². The van der Waals surface area contributed by atoms with Crippen LogP contribution in [0.3, 0.4) is 0 Å². The Kier molecular flexibility index (Phi) is 4.10. The molecule has 0 amide bonds. The van der Waals surface area contributed by atoms with Gasteiger partial charge in [0, 0.05) is 5.56 Å². The van der Waals surface area contributed by atoms with Crippen LogP contribution in [0.5, 0.6) is 0 Å². The standard InChI is InChI=1S/C14H16ClFN2O/c1-3-8(2)6-12-13(14(17)19-18-12)10-5-4-9(16)7-11(10)15/h4-5,7-8H,3,6,17H2,1-2H3. The van der Waals surface area contributed by atoms with Gasteiger partial charge in [-0.3, -0.25) is 0 Å². The average molecular weight is 283 g/mol. The molecule has 3 nitrogen and oxygen atoms in total. The predicted octanol–water partition coefficient (Wildman–Crippen LogP) is 4.30. The topological polar surface area (TPSA) is 52.0 Å². The molecule has 102 valence electrons. The van der Waals surface area contributed by atoms with Crippen molar-refractivity contribution < 1.29 is 8.91 Å². The number of anilines is 1. The van der Waals surface area contributed by atoms with Crippen LogP contribution in [0.15, 0.2) is 22.7 Å². The normalized spacial score (nSPS) is 12.6. The monoisotopic (exact) mass is 282 g/mol. The van der Waals surface area contributed by atoms with Crippen molar-refractivity contribution >= 4 is 17.5 Å². The van der Waals surface area contributed by atoms with Gasteiger partial charge in [0.15, 0.2) is 0 Å². The summed E-state index contributed by atoms with van der Waals surface area (Å²) in [7, 11) is 0. The summed E-state index contributed by atoms with van der Waals surface area (Å²) in [6, 6.07) is 4.21. The van der Waals surface area contributed by atoms with Crippen molar-refractivity contribution in [2.24, 2.45) is 5.92 Å². The Bertz CT molecular complexity index is 583. The summed E-state index contributed by atoms with van der Waals surface area (Å²) in [6.45, 7) is 4.24. The van der Waals surface area contributed by atoms with E-state index in [0.29, 0.717) is 22.1 Å². The third-order valence-corrected chi connectivity index (χ3v) is 3.54. The van der Waals surface area contributed by atoms with E-state index in [4.69, 9.17) is 21.9 Å². The van der Waals surface area contributed by atoms with Gasteiger partial charge in [-0.05, 0) is 30.5 Å². The van der Waals surface area contributed by atoms with Gasteiger partial charge in [-0.15, -0.1) is 0 Å². The average Bonchev–Trinajstić information content (AvgIpc) is 2.71. The van der Waals surface area contributed by atoms with Crippen molar-refractivity contribution in [1.82, 2.24) is 5.16 Å². The Morgan fingerprint density at radius 3 is 2.84 bits per heavy atom. The zero-order chi connectivity index (χ0) is 14.0. The number of nitrogens with zero attached hydrogens (tertiary/aromatic N) is 1. The van der Waals surface area contributed by atoms with Crippen LogP contribution in [0.1, 0.15) is 26.0 Å². The first-order valence-corrected chi connectivity index (χ1v) is 6.60. The summed E-state index contributed by atoms with van der Waals surface area (Å²) in [6.07, 6.45) is 1.78. The first kappa shape index (κ1) is 13.9. The van der Waals surface area contributed by atoms with Gasteiger partial charge in [0.1, 0.15) is 5.82 Å². The molecule has 2 N–H and O–H groups in total. The SMILES string of the molecule is CCC(C)Cc1noc(N)c1-c1ccc(F)cc1Cl. The van der Waals surface area contributed by atoms with Crippen LogP contribution in [-0.2, 0) is 6.42 Å². The smallest absolute Gasteiger partial charge is 0.230 e. The van der Waals surface area contributed by atoms with Gasteiger partial charge in [0.25, 0.3) is 0 Å². The lowest BCUT2D eigenvalue weighted by atomic mass is 9.97. The highest BCUT2D eigenvalue weighted by Gasteiger charge is 2.19. The molecule has 0 radical (unpaired) electrons. The molecule has 0 saturated carbocycles. The van der Waals surface area contributed by atoms with E-state index in [1.807, 2.05) is 0 Å². The lowest BCUT2D eigenvalue weighted by Gasteiger charge is -2.08. The molecule has 0 bridgehead atoms. The molecule has 1 aromatic carbocycles. The first-order valence-electron chi connectivity index (χ1n) is 6.22. The highest BCUT2D eigenvalue weighted by molar-refractivity contribution is 6.33. The predicted molar refractivity (Wildman–Crippen MR) is 74.5 cm³/mol. The van der Waals surface area contributed by atoms with Crippen molar-refractivity contribution in [3.63, 3.8) is 0 Å². The minimum Gasteiger partial charge on any atom is -0.367 e. The molecular weight excluding hydrogens is 267 g/mol. The second-order valence-corrected chi connectivity index (χ2v) is 5.12. The van der Waals surface area contributed by atoms with Crippen molar-refractivity contribution in [2.45, 2.75) is 26.7 Å². The van der Waals surface area contributed by atoms with Gasteiger partial charge in [-0.2, -0.15) is 0 Å². The molecule has 0 spiro atoms. The highest BCUT2D eigenvalue weighted by Crippen LogP contribution is 2.36. The van der Waals surface area contributed by atoms with Crippen LogP contribution < -0.4 is 5.73 Å². The fourth-order valence-corrected chi connectivity index (χ4v) is 2.19. The Morgan fingerprint density at radius 1 is 1.47 bits per heavy atom. The highest BCUT2D eigenvalue weighted by atomic mass is 35.5. The van der Waals surface area contributed by atoms with Gasteiger partial charge in [-0.25, -0.2) is 4.39 Å². The van der Waals surface area contributed by atoms with E-state index in [1.165, 1.54) is 12.1 Å². The quantitative estimate of drug-likeness (QED) is 0.909. The molecule has 2 rings (SSSR count). The Labute approximate surface area is 116 Å². The summed E-state index contributed by atoms with van der Waals surface area (Å²) in [5.74, 6) is 0.293. The van der Waals surface area contributed by atoms with Crippen LogP contribution in [0.2, 0.25) is 5.02 Å². The molecule has 1 heterocycles. The number of benzene rings is 1. The number of halogens is 2. The van der Waals surface area contributed by atoms with E-state index in [0.717, 1.165) is 18.5 Å². The maximum atomic E-state index is 13.1. The molecule has 0 aliphatic rings. The van der Waals surface area contributed by atoms with E-state index < -0.39 is 0 Å². The number of nitrogen functional groups attached to an aromatic ring is 1. The molecule has 1 unspecified atom stereocenters. The lowest BCUT2D eigenvalue weighted by molar-refractivity contribution is 0.418. The summed E-state index contributed by atoms with van der Waals surface area (Å²) in [5, 5.41) is 4.30. The fraction of sp³-hybridized carbons (Fsp3) is 0.357. The first-order chi connectivity index (χ1) is 9.02. The van der Waals surface area contributed by atoms with Gasteiger partial charge in [-0.1, -0.05) is 37.0 Å². The van der Waals surface area contributed by atoms with Crippen molar-refractivity contribution in [3.05, 3.63) is 34.7 Å². The molecule has 2 aromatic rings. The van der Waals surface area contributed by atoms with Crippen LogP contribution in [0.4, 0.5) is 10.3 Å². The molecule has 1 atom stereocenters. The van der Waals surface area contributed by atoms with Crippen molar-refractivity contribution in [3.8, 4) is 11.1 Å². The maximum Gasteiger partial charge on any atom is 0.230 e. The molecule has 1 aromatic heterocycles. The molecule has 0 aliphatic heterocycles. The van der Waals surface area contributed by atoms with Gasteiger partial charge < -0.3 is 10.3 Å². The van der Waals surface area contributed by atoms with Crippen LogP contribution in [0, 0.1) is 11.7 Å². The Hall–Kier alpha value is -1.55. The molecular formula is C14H16ClFN2O. The molecule has 5 heteroatoms. The largest absolute Gasteiger partial charge is 0.367 e. The minimum absolute atomic E-state index is 0.215. The zero-order valence-corrected chi connectivity index (χ0v) is 11.7. The van der Waals surface area contributed by atoms with Crippen LogP contribution in [-0.4, -0.2) is 5.16 Å². The molecule has 0 aliphatic carbocycles. The molecule has 19 heavy (non-hydrogen) atoms. The van der Waals surface area contributed by atoms with Crippen molar-refractivity contribution in [2.75, 3.05) is 5.73 Å². The van der Waals surface area contributed by atoms with Crippen LogP contribution in [0.25, 0.3) is 11.1 Å². The summed E-state index contributed by atoms with van der Waals surface area (Å²) < 4.78 is 18.2. The summed E-state index contributed by atoms with van der Waals surface area (Å²) in [4.78, 5) is 0. The number of rotatable bonds is 4. The maximum absolute atomic E-state index is 13.1. The summed E-state index contributed by atoms with van der Waals surface area (Å²) >= 11 is 6.07. The minimum atomic E-state index is -0.382.